The molecule has 0 aliphatic carbocycles. The van der Waals surface area contributed by atoms with E-state index in [1.54, 1.807) is 24.3 Å². The van der Waals surface area contributed by atoms with Gasteiger partial charge in [0.25, 0.3) is 0 Å². The normalized spacial score (nSPS) is 11.3. The maximum Gasteiger partial charge on any atom is 0.319 e. The smallest absolute Gasteiger partial charge is 0.319 e. The summed E-state index contributed by atoms with van der Waals surface area (Å²) in [7, 11) is 1.22. The first kappa shape index (κ1) is 11.4. The molecule has 0 radical (unpaired) electrons. The number of benzene rings is 1. The summed E-state index contributed by atoms with van der Waals surface area (Å²) in [5, 5.41) is 3.71. The minimum atomic E-state index is -1.03. The quantitative estimate of drug-likeness (QED) is 0.343. The van der Waals surface area contributed by atoms with Gasteiger partial charge < -0.3 is 4.74 Å². The third-order valence-electron chi connectivity index (χ3n) is 1.79. The van der Waals surface area contributed by atoms with Crippen molar-refractivity contribution < 1.29 is 9.53 Å². The fourth-order valence-corrected chi connectivity index (χ4v) is 1.34. The highest BCUT2D eigenvalue weighted by Crippen LogP contribution is 2.26. The Morgan fingerprint density at radius 2 is 2.27 bits per heavy atom. The van der Waals surface area contributed by atoms with Crippen molar-refractivity contribution in [2.45, 2.75) is 6.04 Å². The number of rotatable bonds is 3. The first-order valence-electron chi connectivity index (χ1n) is 4.07. The average molecular weight is 226 g/mol. The van der Waals surface area contributed by atoms with Gasteiger partial charge in [-0.25, -0.2) is 0 Å². The van der Waals surface area contributed by atoms with Crippen molar-refractivity contribution in [1.29, 1.82) is 0 Å². The highest BCUT2D eigenvalue weighted by Gasteiger charge is 2.21. The minimum Gasteiger partial charge on any atom is -0.468 e. The van der Waals surface area contributed by atoms with Crippen LogP contribution in [0.15, 0.2) is 29.4 Å². The van der Waals surface area contributed by atoms with Crippen LogP contribution in [0, 0.1) is 0 Å². The molecule has 0 N–H and O–H groups in total. The van der Waals surface area contributed by atoms with Crippen LogP contribution in [0.1, 0.15) is 11.6 Å². The maximum atomic E-state index is 11.3. The molecule has 0 aliphatic heterocycles. The molecule has 5 nitrogen and oxygen atoms in total. The molecule has 6 heteroatoms. The number of methoxy groups -OCH3 is 1. The van der Waals surface area contributed by atoms with Gasteiger partial charge in [-0.3, -0.25) is 4.79 Å². The molecule has 0 fully saturated rings. The van der Waals surface area contributed by atoms with Gasteiger partial charge in [0, 0.05) is 9.93 Å². The molecule has 0 amide bonds. The third kappa shape index (κ3) is 2.62. The molecule has 1 rings (SSSR count). The van der Waals surface area contributed by atoms with Crippen LogP contribution in [0.5, 0.6) is 0 Å². The van der Waals surface area contributed by atoms with E-state index in [-0.39, 0.29) is 0 Å². The number of ether oxygens (including phenoxy) is 1. The van der Waals surface area contributed by atoms with Gasteiger partial charge in [-0.05, 0) is 17.2 Å². The van der Waals surface area contributed by atoms with Gasteiger partial charge in [0.2, 0.25) is 0 Å². The zero-order chi connectivity index (χ0) is 11.3. The second kappa shape index (κ2) is 5.24. The zero-order valence-corrected chi connectivity index (χ0v) is 8.68. The Kier molecular flexibility index (Phi) is 3.97. The monoisotopic (exact) mass is 225 g/mol. The summed E-state index contributed by atoms with van der Waals surface area (Å²) in [6.07, 6.45) is 0. The number of nitrogens with zero attached hydrogens (tertiary/aromatic N) is 3. The van der Waals surface area contributed by atoms with E-state index in [1.807, 2.05) is 0 Å². The second-order valence-corrected chi connectivity index (χ2v) is 3.06. The van der Waals surface area contributed by atoms with Crippen LogP contribution >= 0.6 is 11.6 Å². The first-order valence-corrected chi connectivity index (χ1v) is 4.45. The average Bonchev–Trinajstić information content (AvgIpc) is 2.26. The van der Waals surface area contributed by atoms with Crippen molar-refractivity contribution in [1.82, 2.24) is 0 Å². The standard InChI is InChI=1S/C9H8ClN3O2/c1-15-9(14)8(12-13-11)6-4-2-3-5-7(6)10/h2-5,8H,1H3/t8-/m0/s1. The molecule has 0 saturated heterocycles. The van der Waals surface area contributed by atoms with E-state index in [4.69, 9.17) is 17.1 Å². The number of carbonyl (C=O) groups is 1. The van der Waals surface area contributed by atoms with Gasteiger partial charge in [-0.15, -0.1) is 0 Å². The van der Waals surface area contributed by atoms with Gasteiger partial charge in [0.1, 0.15) is 0 Å². The van der Waals surface area contributed by atoms with Crippen LogP contribution in [-0.4, -0.2) is 13.1 Å². The SMILES string of the molecule is COC(=O)[C@@H](N=[N+]=[N-])c1ccccc1Cl. The van der Waals surface area contributed by atoms with Crippen molar-refractivity contribution in [3.63, 3.8) is 0 Å². The Hall–Kier alpha value is -1.71. The molecule has 0 unspecified atom stereocenters. The van der Waals surface area contributed by atoms with E-state index < -0.39 is 12.0 Å². The fraction of sp³-hybridized carbons (Fsp3) is 0.222. The van der Waals surface area contributed by atoms with Crippen molar-refractivity contribution in [3.8, 4) is 0 Å². The molecule has 0 spiro atoms. The molecule has 1 aromatic carbocycles. The lowest BCUT2D eigenvalue weighted by Crippen LogP contribution is -2.11. The van der Waals surface area contributed by atoms with Crippen LogP contribution in [0.3, 0.4) is 0 Å². The van der Waals surface area contributed by atoms with Crippen LogP contribution in [0.4, 0.5) is 0 Å². The Morgan fingerprint density at radius 1 is 1.60 bits per heavy atom. The lowest BCUT2D eigenvalue weighted by Gasteiger charge is -2.10. The highest BCUT2D eigenvalue weighted by atomic mass is 35.5. The van der Waals surface area contributed by atoms with Crippen LogP contribution in [0.25, 0.3) is 10.4 Å². The number of azide groups is 1. The lowest BCUT2D eigenvalue weighted by atomic mass is 10.1. The molecular weight excluding hydrogens is 218 g/mol. The molecule has 0 aliphatic rings. The van der Waals surface area contributed by atoms with Crippen molar-refractivity contribution in [3.05, 3.63) is 45.3 Å². The Labute approximate surface area is 91.2 Å². The predicted octanol–water partition coefficient (Wildman–Crippen LogP) is 2.86. The van der Waals surface area contributed by atoms with Crippen LogP contribution in [-0.2, 0) is 9.53 Å². The molecule has 1 atom stereocenters. The van der Waals surface area contributed by atoms with E-state index in [0.717, 1.165) is 0 Å². The number of hydrogen-bond donors (Lipinski definition) is 0. The number of carbonyl (C=O) groups excluding carboxylic acids is 1. The summed E-state index contributed by atoms with van der Waals surface area (Å²) in [5.41, 5.74) is 8.77. The molecule has 78 valence electrons. The van der Waals surface area contributed by atoms with E-state index in [2.05, 4.69) is 14.8 Å². The third-order valence-corrected chi connectivity index (χ3v) is 2.14. The van der Waals surface area contributed by atoms with Gasteiger partial charge in [-0.2, -0.15) is 0 Å². The van der Waals surface area contributed by atoms with Crippen molar-refractivity contribution in [2.75, 3.05) is 7.11 Å². The Balaban J connectivity index is 3.15. The van der Waals surface area contributed by atoms with Crippen molar-refractivity contribution in [2.24, 2.45) is 5.11 Å². The van der Waals surface area contributed by atoms with E-state index in [0.29, 0.717) is 10.6 Å². The highest BCUT2D eigenvalue weighted by molar-refractivity contribution is 6.31. The molecule has 0 bridgehead atoms. The second-order valence-electron chi connectivity index (χ2n) is 2.65. The fourth-order valence-electron chi connectivity index (χ4n) is 1.10. The van der Waals surface area contributed by atoms with Crippen LogP contribution in [0.2, 0.25) is 5.02 Å². The number of hydrogen-bond acceptors (Lipinski definition) is 3. The van der Waals surface area contributed by atoms with Gasteiger partial charge in [0.15, 0.2) is 6.04 Å². The van der Waals surface area contributed by atoms with Crippen molar-refractivity contribution >= 4 is 17.6 Å². The molecule has 0 aromatic heterocycles. The molecular formula is C9H8ClN3O2. The molecule has 1 aromatic rings. The van der Waals surface area contributed by atoms with Gasteiger partial charge in [-0.1, -0.05) is 34.9 Å². The summed E-state index contributed by atoms with van der Waals surface area (Å²) in [5.74, 6) is -0.638. The van der Waals surface area contributed by atoms with Gasteiger partial charge >= 0.3 is 5.97 Å². The predicted molar refractivity (Wildman–Crippen MR) is 55.4 cm³/mol. The number of halogens is 1. The maximum absolute atomic E-state index is 11.3. The first-order chi connectivity index (χ1) is 7.20. The summed E-state index contributed by atoms with van der Waals surface area (Å²) < 4.78 is 4.51. The Morgan fingerprint density at radius 3 is 2.80 bits per heavy atom. The van der Waals surface area contributed by atoms with Gasteiger partial charge in [0.05, 0.1) is 7.11 Å². The number of esters is 1. The topological polar surface area (TPSA) is 75.1 Å². The Bertz CT molecular complexity index is 416. The largest absolute Gasteiger partial charge is 0.468 e. The summed E-state index contributed by atoms with van der Waals surface area (Å²) >= 11 is 5.86. The van der Waals surface area contributed by atoms with E-state index >= 15 is 0 Å². The van der Waals surface area contributed by atoms with E-state index in [9.17, 15) is 4.79 Å². The van der Waals surface area contributed by atoms with Crippen LogP contribution < -0.4 is 0 Å². The zero-order valence-electron chi connectivity index (χ0n) is 7.92. The molecule has 0 heterocycles. The summed E-state index contributed by atoms with van der Waals surface area (Å²) in [4.78, 5) is 13.9. The molecule has 15 heavy (non-hydrogen) atoms. The lowest BCUT2D eigenvalue weighted by molar-refractivity contribution is -0.142. The summed E-state index contributed by atoms with van der Waals surface area (Å²) in [6.45, 7) is 0. The minimum absolute atomic E-state index is 0.361. The molecule has 0 saturated carbocycles. The van der Waals surface area contributed by atoms with E-state index in [1.165, 1.54) is 7.11 Å². The summed E-state index contributed by atoms with van der Waals surface area (Å²) in [6, 6.07) is 5.60.